The van der Waals surface area contributed by atoms with Crippen molar-refractivity contribution in [1.29, 1.82) is 0 Å². The maximum atomic E-state index is 9.71. The highest BCUT2D eigenvalue weighted by Crippen LogP contribution is 2.21. The Labute approximate surface area is 102 Å². The van der Waals surface area contributed by atoms with Crippen LogP contribution in [0.4, 0.5) is 5.69 Å². The second-order valence-electron chi connectivity index (χ2n) is 3.96. The molecule has 3 N–H and O–H groups in total. The fraction of sp³-hybridized carbons (Fsp3) is 0.538. The van der Waals surface area contributed by atoms with Gasteiger partial charge in [0.1, 0.15) is 12.2 Å². The molecule has 0 bridgehead atoms. The molecule has 0 fully saturated rings. The third-order valence-electron chi connectivity index (χ3n) is 2.91. The molecule has 0 aliphatic carbocycles. The van der Waals surface area contributed by atoms with Gasteiger partial charge >= 0.3 is 0 Å². The Morgan fingerprint density at radius 1 is 1.06 bits per heavy atom. The number of benzene rings is 1. The molecule has 4 heteroatoms. The van der Waals surface area contributed by atoms with Crippen LogP contribution >= 0.6 is 0 Å². The van der Waals surface area contributed by atoms with Gasteiger partial charge in [0, 0.05) is 18.8 Å². The van der Waals surface area contributed by atoms with E-state index in [4.69, 9.17) is 5.11 Å². The van der Waals surface area contributed by atoms with Crippen molar-refractivity contribution in [2.24, 2.45) is 0 Å². The van der Waals surface area contributed by atoms with Crippen molar-refractivity contribution in [1.82, 2.24) is 0 Å². The van der Waals surface area contributed by atoms with Crippen LogP contribution in [0.2, 0.25) is 0 Å². The van der Waals surface area contributed by atoms with Gasteiger partial charge in [-0.15, -0.1) is 0 Å². The van der Waals surface area contributed by atoms with E-state index in [0.717, 1.165) is 18.8 Å². The highest BCUT2D eigenvalue weighted by molar-refractivity contribution is 5.47. The normalized spacial score (nSPS) is 14.4. The van der Waals surface area contributed by atoms with Crippen LogP contribution in [0.5, 0.6) is 0 Å². The number of aliphatic hydroxyl groups is 3. The fourth-order valence-electron chi connectivity index (χ4n) is 1.79. The first kappa shape index (κ1) is 14.0. The third kappa shape index (κ3) is 3.43. The number of hydrogen-bond acceptors (Lipinski definition) is 4. The summed E-state index contributed by atoms with van der Waals surface area (Å²) < 4.78 is 0. The minimum Gasteiger partial charge on any atom is -0.394 e. The van der Waals surface area contributed by atoms with Gasteiger partial charge in [0.2, 0.25) is 0 Å². The molecule has 0 saturated carbocycles. The van der Waals surface area contributed by atoms with Crippen molar-refractivity contribution < 1.29 is 15.3 Å². The molecule has 96 valence electrons. The van der Waals surface area contributed by atoms with Crippen LogP contribution in [0.1, 0.15) is 25.5 Å². The zero-order valence-corrected chi connectivity index (χ0v) is 10.4. The van der Waals surface area contributed by atoms with E-state index in [9.17, 15) is 10.2 Å². The molecule has 0 aliphatic rings. The van der Waals surface area contributed by atoms with E-state index >= 15 is 0 Å². The summed E-state index contributed by atoms with van der Waals surface area (Å²) in [5.74, 6) is 0. The fourth-order valence-corrected chi connectivity index (χ4v) is 1.79. The molecule has 0 saturated heterocycles. The zero-order valence-electron chi connectivity index (χ0n) is 10.4. The molecule has 0 aromatic heterocycles. The Hall–Kier alpha value is -1.10. The lowest BCUT2D eigenvalue weighted by Gasteiger charge is -2.22. The van der Waals surface area contributed by atoms with Crippen molar-refractivity contribution in [2.75, 3.05) is 24.6 Å². The van der Waals surface area contributed by atoms with Crippen LogP contribution in [0, 0.1) is 0 Å². The maximum absolute atomic E-state index is 9.71. The average Bonchev–Trinajstić information content (AvgIpc) is 2.39. The Bertz CT molecular complexity index is 322. The zero-order chi connectivity index (χ0) is 12.8. The largest absolute Gasteiger partial charge is 0.394 e. The van der Waals surface area contributed by atoms with Crippen LogP contribution in [0.3, 0.4) is 0 Å². The molecular weight excluding hydrogens is 218 g/mol. The molecule has 0 amide bonds. The van der Waals surface area contributed by atoms with Gasteiger partial charge in [-0.25, -0.2) is 0 Å². The summed E-state index contributed by atoms with van der Waals surface area (Å²) in [7, 11) is 0. The smallest absolute Gasteiger partial charge is 0.107 e. The molecule has 0 spiro atoms. The number of rotatable bonds is 6. The molecule has 0 radical (unpaired) electrons. The van der Waals surface area contributed by atoms with E-state index in [-0.39, 0.29) is 0 Å². The van der Waals surface area contributed by atoms with Gasteiger partial charge in [0.15, 0.2) is 0 Å². The minimum absolute atomic E-state index is 0.445. The molecule has 4 nitrogen and oxygen atoms in total. The van der Waals surface area contributed by atoms with Gasteiger partial charge in [0.25, 0.3) is 0 Å². The van der Waals surface area contributed by atoms with E-state index in [1.165, 1.54) is 0 Å². The summed E-state index contributed by atoms with van der Waals surface area (Å²) in [5, 5.41) is 27.8. The lowest BCUT2D eigenvalue weighted by atomic mass is 10.0. The molecule has 0 heterocycles. The molecular formula is C13H21NO3. The first-order valence-corrected chi connectivity index (χ1v) is 5.95. The highest BCUT2D eigenvalue weighted by Gasteiger charge is 2.17. The predicted octanol–water partition coefficient (Wildman–Crippen LogP) is 0.919. The van der Waals surface area contributed by atoms with Crippen LogP contribution in [-0.4, -0.2) is 41.1 Å². The minimum atomic E-state index is -1.13. The van der Waals surface area contributed by atoms with Crippen molar-refractivity contribution in [2.45, 2.75) is 26.1 Å². The molecule has 1 rings (SSSR count). The maximum Gasteiger partial charge on any atom is 0.107 e. The van der Waals surface area contributed by atoms with E-state index in [2.05, 4.69) is 18.7 Å². The summed E-state index contributed by atoms with van der Waals surface area (Å²) in [4.78, 5) is 2.19. The second kappa shape index (κ2) is 6.59. The standard InChI is InChI=1S/C13H21NO3/c1-3-14(4-2)11-7-5-10(6-8-11)13(17)12(16)9-15/h5-8,12-13,15-17H,3-4,9H2,1-2H3. The number of hydrogen-bond donors (Lipinski definition) is 3. The Kier molecular flexibility index (Phi) is 5.41. The predicted molar refractivity (Wildman–Crippen MR) is 68.1 cm³/mol. The number of nitrogens with zero attached hydrogens (tertiary/aromatic N) is 1. The molecule has 2 unspecified atom stereocenters. The Balaban J connectivity index is 2.80. The van der Waals surface area contributed by atoms with Gasteiger partial charge < -0.3 is 20.2 Å². The molecule has 2 atom stereocenters. The highest BCUT2D eigenvalue weighted by atomic mass is 16.4. The van der Waals surface area contributed by atoms with Gasteiger partial charge in [-0.2, -0.15) is 0 Å². The molecule has 17 heavy (non-hydrogen) atoms. The first-order valence-electron chi connectivity index (χ1n) is 5.95. The van der Waals surface area contributed by atoms with Crippen LogP contribution in [0.15, 0.2) is 24.3 Å². The van der Waals surface area contributed by atoms with Gasteiger partial charge in [-0.05, 0) is 31.5 Å². The lowest BCUT2D eigenvalue weighted by molar-refractivity contribution is -0.0152. The first-order chi connectivity index (χ1) is 8.13. The summed E-state index contributed by atoms with van der Waals surface area (Å²) in [6.07, 6.45) is -2.17. The van der Waals surface area contributed by atoms with Crippen molar-refractivity contribution >= 4 is 5.69 Å². The number of aliphatic hydroxyl groups excluding tert-OH is 3. The Morgan fingerprint density at radius 3 is 2.00 bits per heavy atom. The van der Waals surface area contributed by atoms with Crippen LogP contribution in [0.25, 0.3) is 0 Å². The summed E-state index contributed by atoms with van der Waals surface area (Å²) >= 11 is 0. The van der Waals surface area contributed by atoms with Gasteiger partial charge in [0.05, 0.1) is 6.61 Å². The topological polar surface area (TPSA) is 63.9 Å². The average molecular weight is 239 g/mol. The molecule has 1 aromatic carbocycles. The van der Waals surface area contributed by atoms with Gasteiger partial charge in [-0.3, -0.25) is 0 Å². The van der Waals surface area contributed by atoms with E-state index < -0.39 is 18.8 Å². The second-order valence-corrected chi connectivity index (χ2v) is 3.96. The Morgan fingerprint density at radius 2 is 1.59 bits per heavy atom. The van der Waals surface area contributed by atoms with E-state index in [1.54, 1.807) is 12.1 Å². The summed E-state index contributed by atoms with van der Waals surface area (Å²) in [5.41, 5.74) is 1.70. The van der Waals surface area contributed by atoms with Crippen molar-refractivity contribution in [3.8, 4) is 0 Å². The monoisotopic (exact) mass is 239 g/mol. The number of anilines is 1. The molecule has 0 aliphatic heterocycles. The van der Waals surface area contributed by atoms with Crippen molar-refractivity contribution in [3.63, 3.8) is 0 Å². The van der Waals surface area contributed by atoms with Crippen LogP contribution in [-0.2, 0) is 0 Å². The SMILES string of the molecule is CCN(CC)c1ccc(C(O)C(O)CO)cc1. The lowest BCUT2D eigenvalue weighted by Crippen LogP contribution is -2.23. The van der Waals surface area contributed by atoms with Gasteiger partial charge in [-0.1, -0.05) is 12.1 Å². The van der Waals surface area contributed by atoms with Crippen molar-refractivity contribution in [3.05, 3.63) is 29.8 Å². The quantitative estimate of drug-likeness (QED) is 0.690. The molecule has 1 aromatic rings. The summed E-state index contributed by atoms with van der Waals surface area (Å²) in [6.45, 7) is 5.58. The summed E-state index contributed by atoms with van der Waals surface area (Å²) in [6, 6.07) is 7.37. The van der Waals surface area contributed by atoms with Crippen LogP contribution < -0.4 is 4.90 Å². The third-order valence-corrected chi connectivity index (χ3v) is 2.91. The van der Waals surface area contributed by atoms with E-state index in [1.807, 2.05) is 12.1 Å². The van der Waals surface area contributed by atoms with E-state index in [0.29, 0.717) is 5.56 Å².